The molecule has 0 saturated heterocycles. The normalized spacial score (nSPS) is 15.4. The van der Waals surface area contributed by atoms with E-state index in [-0.39, 0.29) is 0 Å². The Bertz CT molecular complexity index is 376. The Labute approximate surface area is 110 Å². The highest BCUT2D eigenvalue weighted by atomic mass is 15.0. The third-order valence-corrected chi connectivity index (χ3v) is 3.98. The molecule has 0 fully saturated rings. The van der Waals surface area contributed by atoms with Crippen LogP contribution in [0.25, 0.3) is 0 Å². The Morgan fingerprint density at radius 2 is 2.17 bits per heavy atom. The molecule has 2 rings (SSSR count). The summed E-state index contributed by atoms with van der Waals surface area (Å²) in [4.78, 5) is 8.78. The Balaban J connectivity index is 1.91. The van der Waals surface area contributed by atoms with Gasteiger partial charge in [-0.1, -0.05) is 33.1 Å². The highest BCUT2D eigenvalue weighted by Gasteiger charge is 2.17. The van der Waals surface area contributed by atoms with Crippen LogP contribution < -0.4 is 5.32 Å². The van der Waals surface area contributed by atoms with E-state index in [0.717, 1.165) is 31.1 Å². The first-order valence-electron chi connectivity index (χ1n) is 7.41. The summed E-state index contributed by atoms with van der Waals surface area (Å²) in [6.45, 7) is 5.60. The van der Waals surface area contributed by atoms with E-state index in [0.29, 0.717) is 0 Å². The molecule has 0 bridgehead atoms. The van der Waals surface area contributed by atoms with Crippen LogP contribution >= 0.6 is 0 Å². The van der Waals surface area contributed by atoms with Crippen molar-refractivity contribution >= 4 is 5.82 Å². The van der Waals surface area contributed by atoms with E-state index >= 15 is 0 Å². The second-order valence-corrected chi connectivity index (χ2v) is 5.30. The summed E-state index contributed by atoms with van der Waals surface area (Å²) in [6, 6.07) is 0. The van der Waals surface area contributed by atoms with Gasteiger partial charge >= 0.3 is 0 Å². The molecule has 1 aromatic rings. The van der Waals surface area contributed by atoms with E-state index in [9.17, 15) is 0 Å². The van der Waals surface area contributed by atoms with Gasteiger partial charge in [-0.3, -0.25) is 0 Å². The molecule has 1 unspecified atom stereocenters. The van der Waals surface area contributed by atoms with Gasteiger partial charge < -0.3 is 5.32 Å². The average molecular weight is 247 g/mol. The molecule has 1 atom stereocenters. The maximum Gasteiger partial charge on any atom is 0.132 e. The molecule has 1 aliphatic rings. The molecule has 0 amide bonds. The molecular weight excluding hydrogens is 222 g/mol. The van der Waals surface area contributed by atoms with Crippen molar-refractivity contribution in [3.05, 3.63) is 17.6 Å². The highest BCUT2D eigenvalue weighted by molar-refractivity contribution is 5.47. The summed E-state index contributed by atoms with van der Waals surface area (Å²) in [7, 11) is 0. The van der Waals surface area contributed by atoms with Gasteiger partial charge in [0.15, 0.2) is 0 Å². The van der Waals surface area contributed by atoms with Crippen molar-refractivity contribution in [3.63, 3.8) is 0 Å². The SMILES string of the molecule is CCCCC(CC)CNc1ncnc2c1CCC2. The molecule has 100 valence electrons. The number of anilines is 1. The molecule has 1 aliphatic carbocycles. The lowest BCUT2D eigenvalue weighted by atomic mass is 9.99. The predicted molar refractivity (Wildman–Crippen MR) is 75.9 cm³/mol. The highest BCUT2D eigenvalue weighted by Crippen LogP contribution is 2.25. The molecule has 0 radical (unpaired) electrons. The second-order valence-electron chi connectivity index (χ2n) is 5.30. The van der Waals surface area contributed by atoms with Gasteiger partial charge in [-0.2, -0.15) is 0 Å². The van der Waals surface area contributed by atoms with Crippen LogP contribution in [0, 0.1) is 5.92 Å². The number of unbranched alkanes of at least 4 members (excludes halogenated alkanes) is 1. The number of aromatic nitrogens is 2. The molecule has 0 aliphatic heterocycles. The van der Waals surface area contributed by atoms with Crippen LogP contribution in [0.2, 0.25) is 0 Å². The zero-order valence-corrected chi connectivity index (χ0v) is 11.7. The van der Waals surface area contributed by atoms with Gasteiger partial charge in [-0.25, -0.2) is 9.97 Å². The standard InChI is InChI=1S/C15H25N3/c1-3-5-7-12(4-2)10-16-15-13-8-6-9-14(13)17-11-18-15/h11-12H,3-10H2,1-2H3,(H,16,17,18). The second kappa shape index (κ2) is 6.72. The number of nitrogens with one attached hydrogen (secondary N) is 1. The summed E-state index contributed by atoms with van der Waals surface area (Å²) in [5.41, 5.74) is 2.62. The molecule has 1 heterocycles. The van der Waals surface area contributed by atoms with Gasteiger partial charge in [0.25, 0.3) is 0 Å². The summed E-state index contributed by atoms with van der Waals surface area (Å²) < 4.78 is 0. The van der Waals surface area contributed by atoms with Crippen LogP contribution in [0.5, 0.6) is 0 Å². The summed E-state index contributed by atoms with van der Waals surface area (Å²) in [5, 5.41) is 3.55. The Morgan fingerprint density at radius 3 is 2.94 bits per heavy atom. The summed E-state index contributed by atoms with van der Waals surface area (Å²) in [6.07, 6.45) is 10.4. The minimum Gasteiger partial charge on any atom is -0.369 e. The van der Waals surface area contributed by atoms with Gasteiger partial charge in [-0.05, 0) is 31.6 Å². The monoisotopic (exact) mass is 247 g/mol. The largest absolute Gasteiger partial charge is 0.369 e. The zero-order chi connectivity index (χ0) is 12.8. The van der Waals surface area contributed by atoms with Crippen molar-refractivity contribution in [2.24, 2.45) is 5.92 Å². The first-order valence-corrected chi connectivity index (χ1v) is 7.41. The van der Waals surface area contributed by atoms with Gasteiger partial charge in [0, 0.05) is 17.8 Å². The minimum atomic E-state index is 0.775. The van der Waals surface area contributed by atoms with Crippen LogP contribution in [0.4, 0.5) is 5.82 Å². The van der Waals surface area contributed by atoms with Gasteiger partial charge in [0.1, 0.15) is 12.1 Å². The number of rotatable bonds is 7. The first kappa shape index (κ1) is 13.3. The average Bonchev–Trinajstić information content (AvgIpc) is 2.88. The lowest BCUT2D eigenvalue weighted by molar-refractivity contribution is 0.472. The Hall–Kier alpha value is -1.12. The predicted octanol–water partition coefficient (Wildman–Crippen LogP) is 3.59. The molecule has 0 saturated carbocycles. The summed E-state index contributed by atoms with van der Waals surface area (Å²) in [5.74, 6) is 1.87. The van der Waals surface area contributed by atoms with Gasteiger partial charge in [0.2, 0.25) is 0 Å². The third-order valence-electron chi connectivity index (χ3n) is 3.98. The van der Waals surface area contributed by atoms with Gasteiger partial charge in [0.05, 0.1) is 0 Å². The molecule has 1 N–H and O–H groups in total. The van der Waals surface area contributed by atoms with Crippen LogP contribution in [0.15, 0.2) is 6.33 Å². The van der Waals surface area contributed by atoms with Crippen molar-refractivity contribution in [3.8, 4) is 0 Å². The number of aryl methyl sites for hydroxylation is 1. The van der Waals surface area contributed by atoms with E-state index < -0.39 is 0 Å². The Kier molecular flexibility index (Phi) is 4.97. The summed E-state index contributed by atoms with van der Waals surface area (Å²) >= 11 is 0. The maximum atomic E-state index is 4.41. The molecule has 3 nitrogen and oxygen atoms in total. The van der Waals surface area contributed by atoms with Crippen LogP contribution in [-0.2, 0) is 12.8 Å². The molecule has 3 heteroatoms. The van der Waals surface area contributed by atoms with E-state index in [2.05, 4.69) is 29.1 Å². The zero-order valence-electron chi connectivity index (χ0n) is 11.7. The van der Waals surface area contributed by atoms with E-state index in [1.54, 1.807) is 6.33 Å². The molecular formula is C15H25N3. The van der Waals surface area contributed by atoms with Gasteiger partial charge in [-0.15, -0.1) is 0 Å². The number of nitrogens with zero attached hydrogens (tertiary/aromatic N) is 2. The molecule has 0 spiro atoms. The minimum absolute atomic E-state index is 0.775. The van der Waals surface area contributed by atoms with E-state index in [4.69, 9.17) is 0 Å². The smallest absolute Gasteiger partial charge is 0.132 e. The molecule has 0 aromatic carbocycles. The van der Waals surface area contributed by atoms with E-state index in [1.807, 2.05) is 0 Å². The maximum absolute atomic E-state index is 4.41. The van der Waals surface area contributed by atoms with Crippen molar-refractivity contribution in [1.29, 1.82) is 0 Å². The van der Waals surface area contributed by atoms with Crippen molar-refractivity contribution in [1.82, 2.24) is 9.97 Å². The van der Waals surface area contributed by atoms with Crippen molar-refractivity contribution < 1.29 is 0 Å². The number of fused-ring (bicyclic) bond motifs is 1. The van der Waals surface area contributed by atoms with Crippen LogP contribution in [-0.4, -0.2) is 16.5 Å². The molecule has 18 heavy (non-hydrogen) atoms. The van der Waals surface area contributed by atoms with Crippen molar-refractivity contribution in [2.45, 2.75) is 58.8 Å². The topological polar surface area (TPSA) is 37.8 Å². The lowest BCUT2D eigenvalue weighted by Crippen LogP contribution is -2.15. The first-order chi connectivity index (χ1) is 8.85. The lowest BCUT2D eigenvalue weighted by Gasteiger charge is -2.17. The third kappa shape index (κ3) is 3.21. The molecule has 1 aromatic heterocycles. The Morgan fingerprint density at radius 1 is 1.28 bits per heavy atom. The fraction of sp³-hybridized carbons (Fsp3) is 0.733. The number of hydrogen-bond acceptors (Lipinski definition) is 3. The van der Waals surface area contributed by atoms with Crippen LogP contribution in [0.3, 0.4) is 0 Å². The van der Waals surface area contributed by atoms with Crippen LogP contribution in [0.1, 0.15) is 57.2 Å². The van der Waals surface area contributed by atoms with E-state index in [1.165, 1.54) is 43.4 Å². The fourth-order valence-corrected chi connectivity index (χ4v) is 2.70. The quantitative estimate of drug-likeness (QED) is 0.800. The fourth-order valence-electron chi connectivity index (χ4n) is 2.70. The number of hydrogen-bond donors (Lipinski definition) is 1. The van der Waals surface area contributed by atoms with Crippen molar-refractivity contribution in [2.75, 3.05) is 11.9 Å².